The number of anilines is 1. The molecule has 0 spiro atoms. The Morgan fingerprint density at radius 3 is 3.05 bits per heavy atom. The normalized spacial score (nSPS) is 19.9. The summed E-state index contributed by atoms with van der Waals surface area (Å²) >= 11 is 0. The monoisotopic (exact) mass is 292 g/mol. The molecule has 118 valence electrons. The third kappa shape index (κ3) is 5.25. The quantitative estimate of drug-likeness (QED) is 0.754. The van der Waals surface area contributed by atoms with Gasteiger partial charge in [0.15, 0.2) is 0 Å². The summed E-state index contributed by atoms with van der Waals surface area (Å²) in [5.74, 6) is 1.82. The molecule has 2 rings (SSSR count). The van der Waals surface area contributed by atoms with Gasteiger partial charge in [-0.2, -0.15) is 0 Å². The number of nitrogens with zero attached hydrogens (tertiary/aromatic N) is 3. The number of rotatable bonds is 7. The molecule has 0 saturated carbocycles. The SMILES string of the molecule is CC(C)c1cc(NCCCN2CCCC(CO)C2)ncn1. The molecule has 5 nitrogen and oxygen atoms in total. The van der Waals surface area contributed by atoms with Gasteiger partial charge in [-0.1, -0.05) is 13.8 Å². The topological polar surface area (TPSA) is 61.3 Å². The molecule has 0 radical (unpaired) electrons. The van der Waals surface area contributed by atoms with E-state index in [9.17, 15) is 5.11 Å². The van der Waals surface area contributed by atoms with Crippen LogP contribution in [0.15, 0.2) is 12.4 Å². The molecule has 1 fully saturated rings. The number of hydrogen-bond acceptors (Lipinski definition) is 5. The van der Waals surface area contributed by atoms with E-state index in [0.717, 1.165) is 37.6 Å². The zero-order valence-corrected chi connectivity index (χ0v) is 13.3. The van der Waals surface area contributed by atoms with Crippen LogP contribution in [0.25, 0.3) is 0 Å². The first-order chi connectivity index (χ1) is 10.2. The summed E-state index contributed by atoms with van der Waals surface area (Å²) in [4.78, 5) is 11.0. The minimum absolute atomic E-state index is 0.327. The van der Waals surface area contributed by atoms with Crippen molar-refractivity contribution in [3.8, 4) is 0 Å². The van der Waals surface area contributed by atoms with Crippen molar-refractivity contribution < 1.29 is 5.11 Å². The van der Waals surface area contributed by atoms with Crippen LogP contribution in [0.1, 0.15) is 44.7 Å². The maximum atomic E-state index is 9.25. The first kappa shape index (κ1) is 16.2. The van der Waals surface area contributed by atoms with Crippen molar-refractivity contribution in [2.24, 2.45) is 5.92 Å². The molecule has 1 aliphatic heterocycles. The van der Waals surface area contributed by atoms with Crippen LogP contribution < -0.4 is 5.32 Å². The smallest absolute Gasteiger partial charge is 0.129 e. The molecule has 1 aliphatic rings. The van der Waals surface area contributed by atoms with Crippen LogP contribution in [0.4, 0.5) is 5.82 Å². The van der Waals surface area contributed by atoms with Crippen molar-refractivity contribution in [3.05, 3.63) is 18.1 Å². The number of piperidine rings is 1. The van der Waals surface area contributed by atoms with Crippen LogP contribution in [0, 0.1) is 5.92 Å². The molecule has 5 heteroatoms. The molecule has 0 amide bonds. The zero-order chi connectivity index (χ0) is 15.1. The molecule has 1 aromatic heterocycles. The lowest BCUT2D eigenvalue weighted by Crippen LogP contribution is -2.37. The van der Waals surface area contributed by atoms with Gasteiger partial charge >= 0.3 is 0 Å². The Morgan fingerprint density at radius 2 is 2.29 bits per heavy atom. The van der Waals surface area contributed by atoms with Gasteiger partial charge in [-0.15, -0.1) is 0 Å². The maximum Gasteiger partial charge on any atom is 0.129 e. The highest BCUT2D eigenvalue weighted by Crippen LogP contribution is 2.16. The molecule has 0 bridgehead atoms. The Morgan fingerprint density at radius 1 is 1.43 bits per heavy atom. The molecule has 2 N–H and O–H groups in total. The van der Waals surface area contributed by atoms with Crippen LogP contribution in [0.3, 0.4) is 0 Å². The fourth-order valence-corrected chi connectivity index (χ4v) is 2.81. The Bertz CT molecular complexity index is 424. The van der Waals surface area contributed by atoms with Crippen molar-refractivity contribution in [1.29, 1.82) is 0 Å². The molecule has 1 saturated heterocycles. The minimum Gasteiger partial charge on any atom is -0.396 e. The van der Waals surface area contributed by atoms with E-state index in [-0.39, 0.29) is 0 Å². The second-order valence-electron chi connectivity index (χ2n) is 6.25. The van der Waals surface area contributed by atoms with Gasteiger partial charge < -0.3 is 15.3 Å². The average Bonchev–Trinajstić information content (AvgIpc) is 2.52. The molecule has 0 aliphatic carbocycles. The number of hydrogen-bond donors (Lipinski definition) is 2. The van der Waals surface area contributed by atoms with Gasteiger partial charge in [0.25, 0.3) is 0 Å². The number of aliphatic hydroxyl groups excluding tert-OH is 1. The van der Waals surface area contributed by atoms with Gasteiger partial charge in [0, 0.05) is 31.5 Å². The summed E-state index contributed by atoms with van der Waals surface area (Å²) < 4.78 is 0. The zero-order valence-electron chi connectivity index (χ0n) is 13.3. The van der Waals surface area contributed by atoms with Gasteiger partial charge in [-0.05, 0) is 44.2 Å². The molecule has 1 unspecified atom stereocenters. The fraction of sp³-hybridized carbons (Fsp3) is 0.750. The molecule has 21 heavy (non-hydrogen) atoms. The summed E-state index contributed by atoms with van der Waals surface area (Å²) in [5, 5.41) is 12.6. The van der Waals surface area contributed by atoms with Crippen molar-refractivity contribution >= 4 is 5.82 Å². The highest BCUT2D eigenvalue weighted by Gasteiger charge is 2.18. The van der Waals surface area contributed by atoms with Gasteiger partial charge in [-0.25, -0.2) is 9.97 Å². The predicted molar refractivity (Wildman–Crippen MR) is 85.5 cm³/mol. The first-order valence-corrected chi connectivity index (χ1v) is 8.08. The molecular formula is C16H28N4O. The lowest BCUT2D eigenvalue weighted by Gasteiger charge is -2.31. The third-order valence-electron chi connectivity index (χ3n) is 4.10. The van der Waals surface area contributed by atoms with Crippen molar-refractivity contribution in [2.45, 2.75) is 39.0 Å². The summed E-state index contributed by atoms with van der Waals surface area (Å²) in [5.41, 5.74) is 1.08. The summed E-state index contributed by atoms with van der Waals surface area (Å²) in [6.07, 6.45) is 5.11. The van der Waals surface area contributed by atoms with E-state index in [1.54, 1.807) is 6.33 Å². The third-order valence-corrected chi connectivity index (χ3v) is 4.10. The lowest BCUT2D eigenvalue weighted by atomic mass is 9.99. The summed E-state index contributed by atoms with van der Waals surface area (Å²) in [6, 6.07) is 2.04. The largest absolute Gasteiger partial charge is 0.396 e. The molecule has 0 aromatic carbocycles. The molecule has 2 heterocycles. The van der Waals surface area contributed by atoms with Crippen molar-refractivity contribution in [3.63, 3.8) is 0 Å². The first-order valence-electron chi connectivity index (χ1n) is 8.08. The molecule has 1 aromatic rings. The Labute approximate surface area is 127 Å². The fourth-order valence-electron chi connectivity index (χ4n) is 2.81. The van der Waals surface area contributed by atoms with Crippen LogP contribution in [-0.2, 0) is 0 Å². The average molecular weight is 292 g/mol. The number of likely N-dealkylation sites (tertiary alicyclic amines) is 1. The Hall–Kier alpha value is -1.20. The van der Waals surface area contributed by atoms with E-state index in [4.69, 9.17) is 0 Å². The van der Waals surface area contributed by atoms with Crippen LogP contribution >= 0.6 is 0 Å². The predicted octanol–water partition coefficient (Wildman–Crippen LogP) is 2.11. The van der Waals surface area contributed by atoms with Crippen molar-refractivity contribution in [2.75, 3.05) is 38.1 Å². The van der Waals surface area contributed by atoms with Gasteiger partial charge in [-0.3, -0.25) is 0 Å². The Kier molecular flexibility index (Phi) is 6.39. The highest BCUT2D eigenvalue weighted by molar-refractivity contribution is 5.35. The van der Waals surface area contributed by atoms with Gasteiger partial charge in [0.1, 0.15) is 12.1 Å². The van der Waals surface area contributed by atoms with Gasteiger partial charge in [0.2, 0.25) is 0 Å². The van der Waals surface area contributed by atoms with Crippen LogP contribution in [-0.4, -0.2) is 52.8 Å². The number of aromatic nitrogens is 2. The maximum absolute atomic E-state index is 9.25. The summed E-state index contributed by atoms with van der Waals surface area (Å²) in [6.45, 7) is 8.83. The van der Waals surface area contributed by atoms with Crippen molar-refractivity contribution in [1.82, 2.24) is 14.9 Å². The molecular weight excluding hydrogens is 264 g/mol. The number of aliphatic hydroxyl groups is 1. The highest BCUT2D eigenvalue weighted by atomic mass is 16.3. The van der Waals surface area contributed by atoms with E-state index in [0.29, 0.717) is 18.4 Å². The standard InChI is InChI=1S/C16H28N4O/c1-13(2)15-9-16(19-12-18-15)17-6-4-8-20-7-3-5-14(10-20)11-21/h9,12-14,21H,3-8,10-11H2,1-2H3,(H,17,18,19). The summed E-state index contributed by atoms with van der Waals surface area (Å²) in [7, 11) is 0. The van der Waals surface area contributed by atoms with E-state index in [1.807, 2.05) is 6.07 Å². The van der Waals surface area contributed by atoms with Crippen LogP contribution in [0.2, 0.25) is 0 Å². The van der Waals surface area contributed by atoms with E-state index >= 15 is 0 Å². The lowest BCUT2D eigenvalue weighted by molar-refractivity contribution is 0.120. The van der Waals surface area contributed by atoms with Gasteiger partial charge in [0.05, 0.1) is 0 Å². The molecule has 1 atom stereocenters. The van der Waals surface area contributed by atoms with Crippen LogP contribution in [0.5, 0.6) is 0 Å². The van der Waals surface area contributed by atoms with E-state index in [2.05, 4.69) is 34.0 Å². The minimum atomic E-state index is 0.327. The second kappa shape index (κ2) is 8.29. The van der Waals surface area contributed by atoms with E-state index in [1.165, 1.54) is 19.4 Å². The van der Waals surface area contributed by atoms with E-state index < -0.39 is 0 Å². The number of nitrogens with one attached hydrogen (secondary N) is 1. The Balaban J connectivity index is 1.68. The second-order valence-corrected chi connectivity index (χ2v) is 6.25.